The number of hydrogen-bond donors (Lipinski definition) is 1. The normalized spacial score (nSPS) is 22.6. The monoisotopic (exact) mass is 151 g/mol. The van der Waals surface area contributed by atoms with Crippen molar-refractivity contribution in [1.29, 1.82) is 0 Å². The Labute approximate surface area is 67.0 Å². The van der Waals surface area contributed by atoms with E-state index in [0.717, 1.165) is 12.8 Å². The molecule has 1 unspecified atom stereocenters. The summed E-state index contributed by atoms with van der Waals surface area (Å²) in [6.07, 6.45) is 8.10. The summed E-state index contributed by atoms with van der Waals surface area (Å²) in [4.78, 5) is 10.00. The number of nitrogens with one attached hydrogen (secondary N) is 1. The Kier molecular flexibility index (Phi) is 2.90. The molecule has 2 nitrogen and oxygen atoms in total. The van der Waals surface area contributed by atoms with Crippen LogP contribution in [0.5, 0.6) is 0 Å². The van der Waals surface area contributed by atoms with E-state index in [9.17, 15) is 4.79 Å². The van der Waals surface area contributed by atoms with Crippen LogP contribution in [0.4, 0.5) is 0 Å². The molecule has 1 rings (SSSR count). The zero-order chi connectivity index (χ0) is 8.10. The average molecular weight is 151 g/mol. The SMILES string of the molecule is CC1CC=CC=C1CNC=O. The third kappa shape index (κ3) is 2.22. The van der Waals surface area contributed by atoms with E-state index >= 15 is 0 Å². The van der Waals surface area contributed by atoms with Gasteiger partial charge in [-0.3, -0.25) is 4.79 Å². The smallest absolute Gasteiger partial charge is 0.207 e. The lowest BCUT2D eigenvalue weighted by molar-refractivity contribution is -0.109. The van der Waals surface area contributed by atoms with E-state index in [-0.39, 0.29) is 0 Å². The van der Waals surface area contributed by atoms with Gasteiger partial charge in [0.05, 0.1) is 0 Å². The van der Waals surface area contributed by atoms with Crippen LogP contribution < -0.4 is 5.32 Å². The molecule has 0 fully saturated rings. The molecule has 0 spiro atoms. The van der Waals surface area contributed by atoms with Crippen LogP contribution in [0, 0.1) is 5.92 Å². The van der Waals surface area contributed by atoms with Crippen molar-refractivity contribution in [2.24, 2.45) is 5.92 Å². The summed E-state index contributed by atoms with van der Waals surface area (Å²) in [6.45, 7) is 2.86. The molecule has 0 radical (unpaired) electrons. The molecule has 0 aliphatic heterocycles. The zero-order valence-electron chi connectivity index (χ0n) is 6.71. The lowest BCUT2D eigenvalue weighted by Gasteiger charge is -2.16. The highest BCUT2D eigenvalue weighted by molar-refractivity contribution is 5.47. The molecule has 1 amide bonds. The Morgan fingerprint density at radius 1 is 1.82 bits per heavy atom. The van der Waals surface area contributed by atoms with Gasteiger partial charge in [0, 0.05) is 6.54 Å². The van der Waals surface area contributed by atoms with E-state index in [1.165, 1.54) is 5.57 Å². The topological polar surface area (TPSA) is 29.1 Å². The van der Waals surface area contributed by atoms with E-state index in [4.69, 9.17) is 0 Å². The van der Waals surface area contributed by atoms with Crippen molar-refractivity contribution in [3.63, 3.8) is 0 Å². The van der Waals surface area contributed by atoms with E-state index in [1.807, 2.05) is 6.08 Å². The van der Waals surface area contributed by atoms with Crippen molar-refractivity contribution >= 4 is 6.41 Å². The fourth-order valence-electron chi connectivity index (χ4n) is 1.18. The number of amides is 1. The molecule has 1 atom stereocenters. The maximum absolute atomic E-state index is 10.00. The molecule has 0 aromatic heterocycles. The van der Waals surface area contributed by atoms with Crippen LogP contribution in [0.15, 0.2) is 23.8 Å². The predicted molar refractivity (Wildman–Crippen MR) is 45.1 cm³/mol. The number of carbonyl (C=O) groups excluding carboxylic acids is 1. The van der Waals surface area contributed by atoms with Crippen LogP contribution in [0.2, 0.25) is 0 Å². The molecule has 0 saturated heterocycles. The standard InChI is InChI=1S/C9H13NO/c1-8-4-2-3-5-9(8)6-10-7-11/h2-3,5,7-8H,4,6H2,1H3,(H,10,11). The lowest BCUT2D eigenvalue weighted by atomic mass is 9.93. The second kappa shape index (κ2) is 3.96. The van der Waals surface area contributed by atoms with Gasteiger partial charge < -0.3 is 5.32 Å². The van der Waals surface area contributed by atoms with Crippen molar-refractivity contribution in [2.45, 2.75) is 13.3 Å². The fraction of sp³-hybridized carbons (Fsp3) is 0.444. The highest BCUT2D eigenvalue weighted by Crippen LogP contribution is 2.18. The fourth-order valence-corrected chi connectivity index (χ4v) is 1.18. The molecule has 0 aromatic rings. The maximum Gasteiger partial charge on any atom is 0.207 e. The van der Waals surface area contributed by atoms with E-state index < -0.39 is 0 Å². The molecule has 0 bridgehead atoms. The van der Waals surface area contributed by atoms with Crippen LogP contribution in [-0.2, 0) is 4.79 Å². The summed E-state index contributed by atoms with van der Waals surface area (Å²) < 4.78 is 0. The number of carbonyl (C=O) groups is 1. The molecule has 1 aliphatic carbocycles. The van der Waals surface area contributed by atoms with Gasteiger partial charge in [0.15, 0.2) is 0 Å². The first-order chi connectivity index (χ1) is 5.34. The van der Waals surface area contributed by atoms with Crippen LogP contribution in [-0.4, -0.2) is 13.0 Å². The molecule has 0 heterocycles. The van der Waals surface area contributed by atoms with Crippen LogP contribution in [0.1, 0.15) is 13.3 Å². The molecule has 1 aliphatic rings. The van der Waals surface area contributed by atoms with Crippen molar-refractivity contribution in [3.8, 4) is 0 Å². The third-order valence-electron chi connectivity index (χ3n) is 1.96. The molecule has 0 saturated carbocycles. The van der Waals surface area contributed by atoms with Crippen molar-refractivity contribution in [3.05, 3.63) is 23.8 Å². The molecular weight excluding hydrogens is 138 g/mol. The van der Waals surface area contributed by atoms with Crippen molar-refractivity contribution < 1.29 is 4.79 Å². The van der Waals surface area contributed by atoms with Crippen LogP contribution >= 0.6 is 0 Å². The Balaban J connectivity index is 2.46. The Bertz CT molecular complexity index is 194. The molecule has 11 heavy (non-hydrogen) atoms. The highest BCUT2D eigenvalue weighted by atomic mass is 16.1. The second-order valence-corrected chi connectivity index (χ2v) is 2.81. The van der Waals surface area contributed by atoms with Crippen molar-refractivity contribution in [2.75, 3.05) is 6.54 Å². The van der Waals surface area contributed by atoms with Gasteiger partial charge >= 0.3 is 0 Å². The van der Waals surface area contributed by atoms with E-state index in [1.54, 1.807) is 0 Å². The number of allylic oxidation sites excluding steroid dienone is 3. The summed E-state index contributed by atoms with van der Waals surface area (Å²) in [5, 5.41) is 2.67. The maximum atomic E-state index is 10.00. The first kappa shape index (κ1) is 8.05. The van der Waals surface area contributed by atoms with Gasteiger partial charge in [-0.15, -0.1) is 0 Å². The summed E-state index contributed by atoms with van der Waals surface area (Å²) >= 11 is 0. The molecule has 60 valence electrons. The zero-order valence-corrected chi connectivity index (χ0v) is 6.71. The third-order valence-corrected chi connectivity index (χ3v) is 1.96. The molecule has 0 aromatic carbocycles. The second-order valence-electron chi connectivity index (χ2n) is 2.81. The van der Waals surface area contributed by atoms with Crippen LogP contribution in [0.3, 0.4) is 0 Å². The number of hydrogen-bond acceptors (Lipinski definition) is 1. The molecule has 2 heteroatoms. The average Bonchev–Trinajstić information content (AvgIpc) is 2.03. The molecule has 1 N–H and O–H groups in total. The first-order valence-electron chi connectivity index (χ1n) is 3.87. The lowest BCUT2D eigenvalue weighted by Crippen LogP contribution is -2.18. The van der Waals surface area contributed by atoms with Crippen molar-refractivity contribution in [1.82, 2.24) is 5.32 Å². The van der Waals surface area contributed by atoms with Gasteiger partial charge in [-0.25, -0.2) is 0 Å². The minimum Gasteiger partial charge on any atom is -0.355 e. The van der Waals surface area contributed by atoms with Gasteiger partial charge in [-0.2, -0.15) is 0 Å². The van der Waals surface area contributed by atoms with E-state index in [0.29, 0.717) is 12.5 Å². The summed E-state index contributed by atoms with van der Waals surface area (Å²) in [6, 6.07) is 0. The largest absolute Gasteiger partial charge is 0.355 e. The Morgan fingerprint density at radius 3 is 3.27 bits per heavy atom. The minimum absolute atomic E-state index is 0.576. The summed E-state index contributed by atoms with van der Waals surface area (Å²) in [7, 11) is 0. The Morgan fingerprint density at radius 2 is 2.64 bits per heavy atom. The van der Waals surface area contributed by atoms with Gasteiger partial charge in [-0.05, 0) is 17.9 Å². The summed E-state index contributed by atoms with van der Waals surface area (Å²) in [5.74, 6) is 0.576. The number of rotatable bonds is 3. The Hall–Kier alpha value is -1.05. The van der Waals surface area contributed by atoms with Gasteiger partial charge in [0.1, 0.15) is 0 Å². The van der Waals surface area contributed by atoms with Gasteiger partial charge in [0.2, 0.25) is 6.41 Å². The summed E-state index contributed by atoms with van der Waals surface area (Å²) in [5.41, 5.74) is 1.31. The first-order valence-corrected chi connectivity index (χ1v) is 3.87. The minimum atomic E-state index is 0.576. The van der Waals surface area contributed by atoms with E-state index in [2.05, 4.69) is 24.4 Å². The molecular formula is C9H13NO. The van der Waals surface area contributed by atoms with Crippen LogP contribution in [0.25, 0.3) is 0 Å². The predicted octanol–water partition coefficient (Wildman–Crippen LogP) is 1.25. The van der Waals surface area contributed by atoms with Gasteiger partial charge in [0.25, 0.3) is 0 Å². The van der Waals surface area contributed by atoms with Gasteiger partial charge in [-0.1, -0.05) is 25.2 Å². The quantitative estimate of drug-likeness (QED) is 0.604. The highest BCUT2D eigenvalue weighted by Gasteiger charge is 2.08.